The molecule has 0 aliphatic rings. The molecule has 0 saturated heterocycles. The van der Waals surface area contributed by atoms with Gasteiger partial charge in [0.15, 0.2) is 0 Å². The summed E-state index contributed by atoms with van der Waals surface area (Å²) in [5, 5.41) is 9.47. The molecule has 1 heterocycles. The van der Waals surface area contributed by atoms with Crippen molar-refractivity contribution in [3.8, 4) is 0 Å². The minimum Gasteiger partial charge on any atom is -0.481 e. The summed E-state index contributed by atoms with van der Waals surface area (Å²) < 4.78 is 1.93. The van der Waals surface area contributed by atoms with Gasteiger partial charge in [0.1, 0.15) is 0 Å². The van der Waals surface area contributed by atoms with Crippen LogP contribution in [0.25, 0.3) is 11.0 Å². The van der Waals surface area contributed by atoms with Gasteiger partial charge in [-0.25, -0.2) is 4.98 Å². The summed E-state index contributed by atoms with van der Waals surface area (Å²) in [6.07, 6.45) is 0.585. The van der Waals surface area contributed by atoms with Crippen molar-refractivity contribution < 1.29 is 9.90 Å². The van der Waals surface area contributed by atoms with E-state index in [1.165, 1.54) is 0 Å². The fourth-order valence-electron chi connectivity index (χ4n) is 2.54. The quantitative estimate of drug-likeness (QED) is 0.752. The lowest BCUT2D eigenvalue weighted by Crippen LogP contribution is -2.04. The molecular weight excluding hydrogens is 314 g/mol. The Morgan fingerprint density at radius 2 is 1.87 bits per heavy atom. The van der Waals surface area contributed by atoms with E-state index in [1.807, 2.05) is 47.0 Å². The zero-order chi connectivity index (χ0) is 16.4. The number of halogens is 1. The first-order chi connectivity index (χ1) is 11.0. The first kappa shape index (κ1) is 15.4. The minimum absolute atomic E-state index is 0.104. The summed E-state index contributed by atoms with van der Waals surface area (Å²) in [4.78, 5) is 15.1. The number of imidazole rings is 1. The molecular formula is C17H16ClN3O2. The molecule has 6 heteroatoms. The van der Waals surface area contributed by atoms with E-state index >= 15 is 0 Å². The molecule has 0 aliphatic carbocycles. The molecule has 1 aromatic heterocycles. The molecule has 0 radical (unpaired) electrons. The molecule has 0 fully saturated rings. The highest BCUT2D eigenvalue weighted by atomic mass is 35.5. The molecule has 0 saturated carbocycles. The van der Waals surface area contributed by atoms with Crippen LogP contribution in [-0.2, 0) is 17.8 Å². The fraction of sp³-hybridized carbons (Fsp3) is 0.176. The Bertz CT molecular complexity index is 856. The molecule has 0 aliphatic heterocycles. The summed E-state index contributed by atoms with van der Waals surface area (Å²) in [5.74, 6) is -0.372. The van der Waals surface area contributed by atoms with Crippen LogP contribution in [0.15, 0.2) is 42.5 Å². The van der Waals surface area contributed by atoms with E-state index in [0.29, 0.717) is 23.9 Å². The van der Waals surface area contributed by atoms with E-state index in [-0.39, 0.29) is 6.42 Å². The lowest BCUT2D eigenvalue weighted by Gasteiger charge is -2.07. The molecule has 0 bridgehead atoms. The van der Waals surface area contributed by atoms with Gasteiger partial charge in [-0.15, -0.1) is 0 Å². The zero-order valence-corrected chi connectivity index (χ0v) is 13.1. The number of carboxylic acid groups (broad SMARTS) is 1. The number of anilines is 1. The minimum atomic E-state index is -0.808. The Balaban J connectivity index is 1.90. The molecule has 0 atom stereocenters. The number of carboxylic acids is 1. The first-order valence-corrected chi connectivity index (χ1v) is 7.61. The maximum absolute atomic E-state index is 10.7. The third-order valence-electron chi connectivity index (χ3n) is 3.72. The van der Waals surface area contributed by atoms with Crippen LogP contribution in [0.5, 0.6) is 0 Å². The normalized spacial score (nSPS) is 11.0. The standard InChI is InChI=1S/C17H16ClN3O2/c18-13-5-1-12(2-6-13)10-21-15-7-3-11(4-8-16(22)23)9-14(15)20-17(21)19/h1-3,5-7,9H,4,8,10H2,(H2,19,20)(H,22,23). The van der Waals surface area contributed by atoms with E-state index in [2.05, 4.69) is 4.98 Å². The fourth-order valence-corrected chi connectivity index (χ4v) is 2.67. The Morgan fingerprint density at radius 1 is 1.17 bits per heavy atom. The van der Waals surface area contributed by atoms with Crippen molar-refractivity contribution in [3.63, 3.8) is 0 Å². The monoisotopic (exact) mass is 329 g/mol. The number of aromatic nitrogens is 2. The second-order valence-corrected chi connectivity index (χ2v) is 5.84. The van der Waals surface area contributed by atoms with Gasteiger partial charge in [0.25, 0.3) is 0 Å². The van der Waals surface area contributed by atoms with Gasteiger partial charge in [-0.3, -0.25) is 4.79 Å². The molecule has 0 spiro atoms. The molecule has 0 amide bonds. The summed E-state index contributed by atoms with van der Waals surface area (Å²) in [7, 11) is 0. The van der Waals surface area contributed by atoms with Gasteiger partial charge >= 0.3 is 5.97 Å². The second-order valence-electron chi connectivity index (χ2n) is 5.40. The highest BCUT2D eigenvalue weighted by molar-refractivity contribution is 6.30. The first-order valence-electron chi connectivity index (χ1n) is 7.24. The van der Waals surface area contributed by atoms with Gasteiger partial charge in [-0.1, -0.05) is 29.8 Å². The number of rotatable bonds is 5. The molecule has 3 aromatic rings. The van der Waals surface area contributed by atoms with Gasteiger partial charge in [0.2, 0.25) is 5.95 Å². The number of hydrogen-bond acceptors (Lipinski definition) is 3. The summed E-state index contributed by atoms with van der Waals surface area (Å²) >= 11 is 5.90. The summed E-state index contributed by atoms with van der Waals surface area (Å²) in [5.41, 5.74) is 9.76. The van der Waals surface area contributed by atoms with E-state index in [1.54, 1.807) is 0 Å². The SMILES string of the molecule is Nc1nc2cc(CCC(=O)O)ccc2n1Cc1ccc(Cl)cc1. The van der Waals surface area contributed by atoms with Crippen LogP contribution in [0.4, 0.5) is 5.95 Å². The lowest BCUT2D eigenvalue weighted by atomic mass is 10.1. The van der Waals surface area contributed by atoms with E-state index < -0.39 is 5.97 Å². The van der Waals surface area contributed by atoms with Crippen LogP contribution in [0.1, 0.15) is 17.5 Å². The van der Waals surface area contributed by atoms with Crippen molar-refractivity contribution >= 4 is 34.6 Å². The van der Waals surface area contributed by atoms with Crippen LogP contribution in [0, 0.1) is 0 Å². The maximum Gasteiger partial charge on any atom is 0.303 e. The third kappa shape index (κ3) is 3.46. The zero-order valence-electron chi connectivity index (χ0n) is 12.4. The van der Waals surface area contributed by atoms with Crippen LogP contribution < -0.4 is 5.73 Å². The number of nitrogen functional groups attached to an aromatic ring is 1. The smallest absolute Gasteiger partial charge is 0.303 e. The van der Waals surface area contributed by atoms with Crippen molar-refractivity contribution in [2.75, 3.05) is 5.73 Å². The summed E-state index contributed by atoms with van der Waals surface area (Å²) in [6.45, 7) is 0.605. The number of nitrogens with zero attached hydrogens (tertiary/aromatic N) is 2. The predicted octanol–water partition coefficient (Wildman–Crippen LogP) is 3.34. The highest BCUT2D eigenvalue weighted by Gasteiger charge is 2.10. The van der Waals surface area contributed by atoms with E-state index in [9.17, 15) is 4.79 Å². The highest BCUT2D eigenvalue weighted by Crippen LogP contribution is 2.22. The largest absolute Gasteiger partial charge is 0.481 e. The van der Waals surface area contributed by atoms with Gasteiger partial charge in [-0.05, 0) is 41.8 Å². The predicted molar refractivity (Wildman–Crippen MR) is 90.7 cm³/mol. The topological polar surface area (TPSA) is 81.1 Å². The number of aliphatic carboxylic acids is 1. The lowest BCUT2D eigenvalue weighted by molar-refractivity contribution is -0.136. The second kappa shape index (κ2) is 6.30. The van der Waals surface area contributed by atoms with E-state index in [0.717, 1.165) is 22.2 Å². The summed E-state index contributed by atoms with van der Waals surface area (Å²) in [6, 6.07) is 13.3. The number of aryl methyl sites for hydroxylation is 1. The molecule has 3 N–H and O–H groups in total. The molecule has 2 aromatic carbocycles. The molecule has 23 heavy (non-hydrogen) atoms. The number of fused-ring (bicyclic) bond motifs is 1. The Hall–Kier alpha value is -2.53. The van der Waals surface area contributed by atoms with Gasteiger partial charge in [-0.2, -0.15) is 0 Å². The third-order valence-corrected chi connectivity index (χ3v) is 3.98. The number of carbonyl (C=O) groups is 1. The molecule has 3 rings (SSSR count). The molecule has 118 valence electrons. The number of hydrogen-bond donors (Lipinski definition) is 2. The van der Waals surface area contributed by atoms with Crippen molar-refractivity contribution in [1.82, 2.24) is 9.55 Å². The Morgan fingerprint density at radius 3 is 2.57 bits per heavy atom. The van der Waals surface area contributed by atoms with Gasteiger partial charge < -0.3 is 15.4 Å². The Kier molecular flexibility index (Phi) is 4.21. The number of benzene rings is 2. The average molecular weight is 330 g/mol. The van der Waals surface area contributed by atoms with Gasteiger partial charge in [0, 0.05) is 11.4 Å². The van der Waals surface area contributed by atoms with Crippen molar-refractivity contribution in [2.24, 2.45) is 0 Å². The van der Waals surface area contributed by atoms with Crippen molar-refractivity contribution in [2.45, 2.75) is 19.4 Å². The maximum atomic E-state index is 10.7. The Labute approximate surface area is 138 Å². The van der Waals surface area contributed by atoms with Crippen molar-refractivity contribution in [3.05, 3.63) is 58.6 Å². The molecule has 0 unspecified atom stereocenters. The number of nitrogens with two attached hydrogens (primary N) is 1. The van der Waals surface area contributed by atoms with Crippen molar-refractivity contribution in [1.29, 1.82) is 0 Å². The average Bonchev–Trinajstić information content (AvgIpc) is 2.82. The van der Waals surface area contributed by atoms with Gasteiger partial charge in [0.05, 0.1) is 17.6 Å². The molecule has 5 nitrogen and oxygen atoms in total. The van der Waals surface area contributed by atoms with Crippen LogP contribution in [-0.4, -0.2) is 20.6 Å². The van der Waals surface area contributed by atoms with Crippen LogP contribution in [0.2, 0.25) is 5.02 Å². The van der Waals surface area contributed by atoms with E-state index in [4.69, 9.17) is 22.4 Å². The van der Waals surface area contributed by atoms with Crippen LogP contribution >= 0.6 is 11.6 Å². The van der Waals surface area contributed by atoms with Crippen LogP contribution in [0.3, 0.4) is 0 Å².